The molecule has 0 fully saturated rings. The van der Waals surface area contributed by atoms with Crippen molar-refractivity contribution >= 4 is 0 Å². The standard InChI is InChI=1S/3C13H25F3.2C12H23F3.C11H21F3.C9H17F3/c1-8(2)11(9(3)4)12(7,10(5)6)13(14,15)16;1-7-8-12(6,13(14,15)16)11(9(2)3)10(4)5;1-6-10(7-2)12(5,13(14,15)16)11(8-3)9-4;1-7-10(5,8-2)11(6,9(3)4)12(13,14)15;1-6-9-11(5,12(13,14)15)10(4,7-2)8-3;1-6-9(7-2)10(5,8(3)4)11(12,13)14;1-6(2)8(5,7(3)4)9(10,11)12/h8-11H,1-7H3;9-11H,7-8H2,1-6H3;10-11H,6-9H2,1-5H3;9H,7-8H2,1-6H3;6-9H2,1-5H3;8-9H,6-7H2,1-5H3;6-7H,1-5H3. The molecule has 0 aromatic rings. The van der Waals surface area contributed by atoms with Crippen LogP contribution in [0.2, 0.25) is 0 Å². The highest BCUT2D eigenvalue weighted by Gasteiger charge is 2.64. The van der Waals surface area contributed by atoms with Gasteiger partial charge >= 0.3 is 43.2 Å². The maximum atomic E-state index is 13.4. The highest BCUT2D eigenvalue weighted by Crippen LogP contribution is 2.61. The van der Waals surface area contributed by atoms with E-state index < -0.39 is 104 Å². The van der Waals surface area contributed by atoms with E-state index in [1.165, 1.54) is 48.5 Å². The zero-order valence-electron chi connectivity index (χ0n) is 72.9. The van der Waals surface area contributed by atoms with Crippen LogP contribution in [-0.2, 0) is 0 Å². The summed E-state index contributed by atoms with van der Waals surface area (Å²) in [6.07, 6.45) is -21.4. The number of hydrogen-bond acceptors (Lipinski definition) is 0. The van der Waals surface area contributed by atoms with Crippen LogP contribution in [-0.4, -0.2) is 43.2 Å². The lowest BCUT2D eigenvalue weighted by Crippen LogP contribution is -2.51. The fraction of sp³-hybridized carbons (Fsp3) is 1.00. The van der Waals surface area contributed by atoms with E-state index in [-0.39, 0.29) is 83.9 Å². The van der Waals surface area contributed by atoms with Gasteiger partial charge in [0, 0.05) is 0 Å². The zero-order chi connectivity index (χ0) is 86.0. The third kappa shape index (κ3) is 28.3. The Hall–Kier alpha value is -1.47. The van der Waals surface area contributed by atoms with E-state index in [4.69, 9.17) is 0 Å². The summed E-state index contributed by atoms with van der Waals surface area (Å²) in [6, 6.07) is 0. The lowest BCUT2D eigenvalue weighted by Gasteiger charge is -2.49. The van der Waals surface area contributed by atoms with Gasteiger partial charge in [0.15, 0.2) is 0 Å². The normalized spacial score (nSPS) is 16.7. The van der Waals surface area contributed by atoms with Crippen LogP contribution in [0.15, 0.2) is 0 Å². The molecule has 0 aromatic heterocycles. The van der Waals surface area contributed by atoms with Crippen molar-refractivity contribution in [2.24, 2.45) is 132 Å². The molecule has 0 spiro atoms. The zero-order valence-corrected chi connectivity index (χ0v) is 72.9. The van der Waals surface area contributed by atoms with E-state index >= 15 is 0 Å². The summed E-state index contributed by atoms with van der Waals surface area (Å²) in [7, 11) is 0. The molecule has 21 heteroatoms. The molecular weight excluding hydrogens is 1400 g/mol. The lowest BCUT2D eigenvalue weighted by molar-refractivity contribution is -0.275. The molecule has 0 aliphatic rings. The topological polar surface area (TPSA) is 0 Å². The van der Waals surface area contributed by atoms with Gasteiger partial charge in [-0.15, -0.1) is 0 Å². The monoisotopic (exact) mass is 1560 g/mol. The second-order valence-corrected chi connectivity index (χ2v) is 34.9. The number of rotatable bonds is 30. The number of hydrogen-bond donors (Lipinski definition) is 0. The van der Waals surface area contributed by atoms with Gasteiger partial charge in [-0.3, -0.25) is 0 Å². The van der Waals surface area contributed by atoms with Crippen LogP contribution in [0.25, 0.3) is 0 Å². The Bertz CT molecular complexity index is 2120. The largest absolute Gasteiger partial charge is 0.395 e. The van der Waals surface area contributed by atoms with Crippen LogP contribution in [0.3, 0.4) is 0 Å². The fourth-order valence-corrected chi connectivity index (χ4v) is 17.5. The van der Waals surface area contributed by atoms with Gasteiger partial charge in [0.1, 0.15) is 0 Å². The Morgan fingerprint density at radius 2 is 0.452 bits per heavy atom. The minimum atomic E-state index is -4.14. The minimum absolute atomic E-state index is 0.0361. The first-order chi connectivity index (χ1) is 45.9. The molecule has 0 saturated heterocycles. The quantitative estimate of drug-likeness (QED) is 0.0629. The Morgan fingerprint density at radius 3 is 0.558 bits per heavy atom. The van der Waals surface area contributed by atoms with Gasteiger partial charge < -0.3 is 0 Å². The van der Waals surface area contributed by atoms with Crippen LogP contribution in [0, 0.1) is 132 Å². The Labute approximate surface area is 624 Å². The molecule has 0 saturated carbocycles. The second kappa shape index (κ2) is 45.3. The van der Waals surface area contributed by atoms with Crippen molar-refractivity contribution in [2.45, 2.75) is 403 Å². The first kappa shape index (κ1) is 116. The van der Waals surface area contributed by atoms with E-state index in [1.807, 2.05) is 138 Å². The fourth-order valence-electron chi connectivity index (χ4n) is 17.5. The van der Waals surface area contributed by atoms with Crippen LogP contribution in [0.5, 0.6) is 0 Å². The van der Waals surface area contributed by atoms with Crippen LogP contribution < -0.4 is 0 Å². The SMILES string of the molecule is CC(C)C(C(C)C)C(C)(C(C)C)C(F)(F)F.CC(C)C(C)(C(C)C)C(F)(F)F.CCC(C)(CC)C(C)(C(C)C)C(F)(F)F.CCC(CC)C(C)(C(C)C)C(F)(F)F.CCC(CC)C(C)(C(CC)CC)C(F)(F)F.CCCC(C)(C(C(C)C)C(C)C)C(F)(F)F.CCCC(C)(C(F)(F)F)C(C)(CC)CC. The summed E-state index contributed by atoms with van der Waals surface area (Å²) in [5, 5.41) is 0. The molecule has 5 atom stereocenters. The average Bonchev–Trinajstić information content (AvgIpc) is 0.766. The van der Waals surface area contributed by atoms with Crippen LogP contribution in [0.1, 0.15) is 360 Å². The lowest BCUT2D eigenvalue weighted by atomic mass is 9.57. The molecule has 0 nitrogen and oxygen atoms in total. The molecular formula is C83H159F21. The van der Waals surface area contributed by atoms with Crippen molar-refractivity contribution in [3.8, 4) is 0 Å². The maximum Gasteiger partial charge on any atom is 0.395 e. The smallest absolute Gasteiger partial charge is 0.171 e. The van der Waals surface area contributed by atoms with Gasteiger partial charge in [-0.1, -0.05) is 321 Å². The van der Waals surface area contributed by atoms with Crippen LogP contribution >= 0.6 is 0 Å². The molecule has 638 valence electrons. The summed E-state index contributed by atoms with van der Waals surface area (Å²) in [6.45, 7) is 66.8. The minimum Gasteiger partial charge on any atom is -0.171 e. The average molecular weight is 1560 g/mol. The van der Waals surface area contributed by atoms with E-state index in [0.29, 0.717) is 77.0 Å². The second-order valence-electron chi connectivity index (χ2n) is 34.9. The maximum absolute atomic E-state index is 13.4. The molecule has 104 heavy (non-hydrogen) atoms. The Kier molecular flexibility index (Phi) is 50.4. The number of halogens is 21. The Morgan fingerprint density at radius 1 is 0.221 bits per heavy atom. The third-order valence-corrected chi connectivity index (χ3v) is 27.3. The van der Waals surface area contributed by atoms with Gasteiger partial charge in [0.25, 0.3) is 0 Å². The van der Waals surface area contributed by atoms with E-state index in [2.05, 4.69) is 0 Å². The van der Waals surface area contributed by atoms with Crippen molar-refractivity contribution < 1.29 is 92.2 Å². The highest BCUT2D eigenvalue weighted by molar-refractivity contribution is 5.00. The van der Waals surface area contributed by atoms with Crippen molar-refractivity contribution in [3.63, 3.8) is 0 Å². The molecule has 0 heterocycles. The molecule has 0 rings (SSSR count). The van der Waals surface area contributed by atoms with E-state index in [1.54, 1.807) is 83.1 Å². The first-order valence-corrected chi connectivity index (χ1v) is 39.4. The summed E-state index contributed by atoms with van der Waals surface area (Å²) >= 11 is 0. The van der Waals surface area contributed by atoms with Crippen molar-refractivity contribution in [2.75, 3.05) is 0 Å². The molecule has 0 amide bonds. The molecule has 0 aliphatic carbocycles. The van der Waals surface area contributed by atoms with Gasteiger partial charge in [-0.25, -0.2) is 0 Å². The highest BCUT2D eigenvalue weighted by atomic mass is 19.4. The Balaban J connectivity index is -0.000000211. The molecule has 0 N–H and O–H groups in total. The molecule has 0 bridgehead atoms. The van der Waals surface area contributed by atoms with Gasteiger partial charge in [0.2, 0.25) is 0 Å². The molecule has 0 aliphatic heterocycles. The number of alkyl halides is 21. The molecule has 0 radical (unpaired) electrons. The van der Waals surface area contributed by atoms with Crippen molar-refractivity contribution in [1.82, 2.24) is 0 Å². The van der Waals surface area contributed by atoms with Gasteiger partial charge in [-0.2, -0.15) is 92.2 Å². The van der Waals surface area contributed by atoms with E-state index in [0.717, 1.165) is 0 Å². The first-order valence-electron chi connectivity index (χ1n) is 39.4. The van der Waals surface area contributed by atoms with Crippen molar-refractivity contribution in [3.05, 3.63) is 0 Å². The van der Waals surface area contributed by atoms with Gasteiger partial charge in [-0.05, 0) is 132 Å². The van der Waals surface area contributed by atoms with Crippen LogP contribution in [0.4, 0.5) is 92.2 Å². The van der Waals surface area contributed by atoms with Crippen molar-refractivity contribution in [1.29, 1.82) is 0 Å². The predicted molar refractivity (Wildman–Crippen MR) is 399 cm³/mol. The summed E-state index contributed by atoms with van der Waals surface area (Å²) in [5.41, 5.74) is -12.3. The van der Waals surface area contributed by atoms with Gasteiger partial charge in [0.05, 0.1) is 37.9 Å². The van der Waals surface area contributed by atoms with E-state index in [9.17, 15) is 92.2 Å². The summed E-state index contributed by atoms with van der Waals surface area (Å²) in [5.74, 6) is -3.20. The molecule has 5 unspecified atom stereocenters. The summed E-state index contributed by atoms with van der Waals surface area (Å²) < 4.78 is 276. The third-order valence-electron chi connectivity index (χ3n) is 27.3. The predicted octanol–water partition coefficient (Wildman–Crippen LogP) is 34.6. The summed E-state index contributed by atoms with van der Waals surface area (Å²) in [4.78, 5) is 0. The molecule has 0 aromatic carbocycles.